The highest BCUT2D eigenvalue weighted by Gasteiger charge is 2.37. The molecule has 756 valence electrons. The molecule has 0 aliphatic heterocycles. The summed E-state index contributed by atoms with van der Waals surface area (Å²) in [6.45, 7) is 23.6. The maximum atomic E-state index is 16.0. The summed E-state index contributed by atoms with van der Waals surface area (Å²) >= 11 is 0. The zero-order valence-corrected chi connectivity index (χ0v) is 80.7. The second-order valence-corrected chi connectivity index (χ2v) is 32.7. The third kappa shape index (κ3) is 35.9. The summed E-state index contributed by atoms with van der Waals surface area (Å²) in [5.41, 5.74) is -0.681. The van der Waals surface area contributed by atoms with Gasteiger partial charge in [-0.1, -0.05) is 63.7 Å². The molecule has 0 heterocycles. The van der Waals surface area contributed by atoms with Gasteiger partial charge in [-0.05, 0) is 328 Å². The molecule has 10 rings (SSSR count). The number of hydrogen-bond acceptors (Lipinski definition) is 30. The predicted octanol–water partition coefficient (Wildman–Crippen LogP) is 22.5. The quantitative estimate of drug-likeness (QED) is 0.00853. The van der Waals surface area contributed by atoms with Crippen molar-refractivity contribution in [1.29, 1.82) is 0 Å². The molecule has 0 atom stereocenters. The van der Waals surface area contributed by atoms with Crippen LogP contribution in [0.2, 0.25) is 0 Å². The first kappa shape index (κ1) is 110. The average Bonchev–Trinajstić information content (AvgIpc) is 0.701. The van der Waals surface area contributed by atoms with Gasteiger partial charge in [-0.15, -0.1) is 0 Å². The Balaban J connectivity index is 1.17. The van der Waals surface area contributed by atoms with Crippen LogP contribution in [0.15, 0.2) is 258 Å². The highest BCUT2D eigenvalue weighted by atomic mass is 16.6. The van der Waals surface area contributed by atoms with Crippen LogP contribution in [0.4, 0.5) is 0 Å². The number of carbonyl (C=O) groups is 12. The van der Waals surface area contributed by atoms with Crippen molar-refractivity contribution in [1.82, 2.24) is 0 Å². The van der Waals surface area contributed by atoms with Crippen molar-refractivity contribution < 1.29 is 143 Å². The largest absolute Gasteiger partial charge is 0.494 e. The van der Waals surface area contributed by atoms with Crippen LogP contribution in [0.25, 0.3) is 32.3 Å². The molecule has 0 amide bonds. The van der Waals surface area contributed by atoms with Crippen molar-refractivity contribution in [2.75, 3.05) is 79.3 Å². The third-order valence-corrected chi connectivity index (χ3v) is 22.2. The highest BCUT2D eigenvalue weighted by molar-refractivity contribution is 6.32. The van der Waals surface area contributed by atoms with Gasteiger partial charge in [0.15, 0.2) is 23.0 Å². The Hall–Kier alpha value is -16.1. The summed E-state index contributed by atoms with van der Waals surface area (Å²) in [5, 5.41) is -0.218. The van der Waals surface area contributed by atoms with Crippen LogP contribution in [-0.4, -0.2) is 151 Å². The Morgan fingerprint density at radius 1 is 0.181 bits per heavy atom. The molecule has 0 N–H and O–H groups in total. The number of fused-ring (bicyclic) bond motifs is 6. The number of rotatable bonds is 66. The standard InChI is InChI=1S/C114H120O30/c1-7-95(115)133-73-33-19-13-27-67-127-85-53-41-79(42-54-85)109(121)139-94-66-65-93-91-39-25-26-40-92(91)102-103(101(93)104(94)140-110(122)80-43-55-86(56-44-80)128-68-28-14-20-34-74-134-96(116)8-2)106(142-112(124)82-47-59-88(60-48-82)130-70-30-16-22-36-76-136-98(118)10-4)108(144-114(126)84-51-63-90(64-52-84)132-72-32-18-24-38-78-138-100(120)12-6)107(143-113(125)83-49-61-89(62-50-83)131-71-31-17-23-37-77-137-99(119)11-5)105(102)141-111(123)81-45-57-87(58-46-81)129-69-29-15-21-35-75-135-97(117)9-3/h7-12,25-26,39-66H,1-6,13-24,27-38,67-78H2. The van der Waals surface area contributed by atoms with E-state index in [1.165, 1.54) is 127 Å². The monoisotopic (exact) mass is 1970 g/mol. The molecule has 0 aliphatic carbocycles. The van der Waals surface area contributed by atoms with Gasteiger partial charge in [0, 0.05) is 52.6 Å². The Labute approximate surface area is 836 Å². The van der Waals surface area contributed by atoms with E-state index in [0.29, 0.717) is 125 Å². The number of ether oxygens (including phenoxy) is 18. The molecule has 0 aliphatic rings. The first-order valence-corrected chi connectivity index (χ1v) is 48.2. The Morgan fingerprint density at radius 2 is 0.368 bits per heavy atom. The van der Waals surface area contributed by atoms with E-state index in [2.05, 4.69) is 39.5 Å². The fourth-order valence-electron chi connectivity index (χ4n) is 14.6. The van der Waals surface area contributed by atoms with Crippen LogP contribution >= 0.6 is 0 Å². The summed E-state index contributed by atoms with van der Waals surface area (Å²) < 4.78 is 108. The van der Waals surface area contributed by atoms with Gasteiger partial charge in [0.1, 0.15) is 34.5 Å². The first-order chi connectivity index (χ1) is 70.2. The second-order valence-electron chi connectivity index (χ2n) is 32.7. The van der Waals surface area contributed by atoms with Gasteiger partial charge < -0.3 is 85.3 Å². The molecular weight excluding hydrogens is 1850 g/mol. The maximum absolute atomic E-state index is 16.0. The zero-order valence-electron chi connectivity index (χ0n) is 80.7. The Morgan fingerprint density at radius 3 is 0.604 bits per heavy atom. The van der Waals surface area contributed by atoms with E-state index in [0.717, 1.165) is 107 Å². The van der Waals surface area contributed by atoms with Gasteiger partial charge in [0.05, 0.1) is 113 Å². The SMILES string of the molecule is C=CC(=O)OCCCCCCOc1ccc(C(=O)Oc2ccc3c4ccccc4c4c(OC(=O)c5ccc(OCCCCCCOC(=O)C=C)cc5)c(OC(=O)c5ccc(OCCCCCCOC(=O)C=C)cc5)c(OC(=O)c5ccc(OCCCCCCOC(=O)C=C)cc5)c(OC(=O)c5ccc(OCCCCCCOC(=O)C=C)cc5)c4c3c2OC(=O)c2ccc(OCCCCCCOC(=O)C=C)cc2)cc1. The molecule has 0 fully saturated rings. The normalized spacial score (nSPS) is 10.8. The summed E-state index contributed by atoms with van der Waals surface area (Å²) in [4.78, 5) is 164. The molecule has 0 saturated carbocycles. The number of hydrogen-bond donors (Lipinski definition) is 0. The lowest BCUT2D eigenvalue weighted by Crippen LogP contribution is -2.18. The van der Waals surface area contributed by atoms with Crippen LogP contribution in [0.3, 0.4) is 0 Å². The summed E-state index contributed by atoms with van der Waals surface area (Å²) in [6, 6.07) is 45.1. The van der Waals surface area contributed by atoms with Crippen molar-refractivity contribution in [3.63, 3.8) is 0 Å². The van der Waals surface area contributed by atoms with Crippen molar-refractivity contribution in [2.24, 2.45) is 0 Å². The lowest BCUT2D eigenvalue weighted by molar-refractivity contribution is -0.138. The number of benzene rings is 10. The van der Waals surface area contributed by atoms with E-state index in [1.54, 1.807) is 54.6 Å². The van der Waals surface area contributed by atoms with Crippen LogP contribution in [-0.2, 0) is 57.2 Å². The van der Waals surface area contributed by atoms with E-state index in [-0.39, 0.29) is 138 Å². The molecule has 144 heavy (non-hydrogen) atoms. The van der Waals surface area contributed by atoms with E-state index >= 15 is 28.8 Å². The number of carbonyl (C=O) groups excluding carboxylic acids is 12. The number of esters is 12. The van der Waals surface area contributed by atoms with Gasteiger partial charge >= 0.3 is 71.6 Å². The Bertz CT molecular complexity index is 6020. The summed E-state index contributed by atoms with van der Waals surface area (Å²) in [5.74, 6) is -11.8. The van der Waals surface area contributed by atoms with Crippen LogP contribution < -0.4 is 56.8 Å². The second kappa shape index (κ2) is 60.8. The van der Waals surface area contributed by atoms with Gasteiger partial charge in [0.2, 0.25) is 11.5 Å². The van der Waals surface area contributed by atoms with Crippen molar-refractivity contribution in [3.8, 4) is 69.0 Å². The van der Waals surface area contributed by atoms with E-state index in [9.17, 15) is 28.8 Å². The lowest BCUT2D eigenvalue weighted by Gasteiger charge is -2.24. The third-order valence-electron chi connectivity index (χ3n) is 22.2. The van der Waals surface area contributed by atoms with Crippen molar-refractivity contribution in [2.45, 2.75) is 154 Å². The van der Waals surface area contributed by atoms with E-state index in [1.807, 2.05) is 0 Å². The fourth-order valence-corrected chi connectivity index (χ4v) is 14.6. The first-order valence-electron chi connectivity index (χ1n) is 48.2. The van der Waals surface area contributed by atoms with Gasteiger partial charge in [0.25, 0.3) is 0 Å². The molecule has 0 unspecified atom stereocenters. The molecule has 10 aromatic carbocycles. The molecule has 0 spiro atoms. The molecule has 0 saturated heterocycles. The van der Waals surface area contributed by atoms with E-state index in [4.69, 9.17) is 85.3 Å². The predicted molar refractivity (Wildman–Crippen MR) is 538 cm³/mol. The molecule has 0 bridgehead atoms. The maximum Gasteiger partial charge on any atom is 0.343 e. The smallest absolute Gasteiger partial charge is 0.343 e. The minimum Gasteiger partial charge on any atom is -0.494 e. The number of unbranched alkanes of at least 4 members (excludes halogenated alkanes) is 18. The van der Waals surface area contributed by atoms with Crippen LogP contribution in [0.1, 0.15) is 216 Å². The van der Waals surface area contributed by atoms with Gasteiger partial charge in [-0.25, -0.2) is 57.5 Å². The van der Waals surface area contributed by atoms with Gasteiger partial charge in [-0.2, -0.15) is 0 Å². The minimum atomic E-state index is -1.20. The van der Waals surface area contributed by atoms with Gasteiger partial charge in [-0.3, -0.25) is 0 Å². The molecule has 30 heteroatoms. The van der Waals surface area contributed by atoms with Crippen molar-refractivity contribution >= 4 is 104 Å². The zero-order chi connectivity index (χ0) is 102. The van der Waals surface area contributed by atoms with Crippen molar-refractivity contribution in [3.05, 3.63) is 291 Å². The summed E-state index contributed by atoms with van der Waals surface area (Å²) in [6.07, 6.45) is 22.8. The highest BCUT2D eigenvalue weighted by Crippen LogP contribution is 2.59. The minimum absolute atomic E-state index is 0.0199. The lowest BCUT2D eigenvalue weighted by atomic mass is 9.91. The molecule has 0 radical (unpaired) electrons. The molecule has 10 aromatic rings. The molecule has 0 aromatic heterocycles. The average molecular weight is 1970 g/mol. The van der Waals surface area contributed by atoms with Crippen LogP contribution in [0.5, 0.6) is 69.0 Å². The molecular formula is C114H120O30. The Kier molecular flexibility index (Phi) is 46.4. The summed E-state index contributed by atoms with van der Waals surface area (Å²) in [7, 11) is 0. The molecule has 30 nitrogen and oxygen atoms in total. The fraction of sp³-hybridized carbons (Fsp3) is 0.316. The topological polar surface area (TPSA) is 371 Å². The van der Waals surface area contributed by atoms with Crippen LogP contribution in [0, 0.1) is 0 Å². The van der Waals surface area contributed by atoms with E-state index < -0.39 is 106 Å².